The van der Waals surface area contributed by atoms with Crippen LogP contribution in [0.3, 0.4) is 0 Å². The lowest BCUT2D eigenvalue weighted by molar-refractivity contribution is 0.0891. The van der Waals surface area contributed by atoms with Crippen molar-refractivity contribution in [1.82, 2.24) is 0 Å². The Labute approximate surface area is 108 Å². The number of halogens is 1. The Morgan fingerprint density at radius 2 is 1.78 bits per heavy atom. The van der Waals surface area contributed by atoms with Crippen molar-refractivity contribution in [3.8, 4) is 0 Å². The minimum atomic E-state index is -0.207. The van der Waals surface area contributed by atoms with Gasteiger partial charge in [0.25, 0.3) is 0 Å². The van der Waals surface area contributed by atoms with Gasteiger partial charge in [-0.15, -0.1) is 0 Å². The van der Waals surface area contributed by atoms with E-state index >= 15 is 0 Å². The summed E-state index contributed by atoms with van der Waals surface area (Å²) in [5.41, 5.74) is 1.04. The molecule has 0 aliphatic heterocycles. The van der Waals surface area contributed by atoms with Crippen LogP contribution in [0.5, 0.6) is 0 Å². The third-order valence-corrected chi connectivity index (χ3v) is 4.09. The minimum absolute atomic E-state index is 0.0292. The van der Waals surface area contributed by atoms with Gasteiger partial charge in [-0.3, -0.25) is 0 Å². The number of hydrogen-bond donors (Lipinski definition) is 1. The average molecular weight is 251 g/mol. The number of aliphatic hydroxyl groups is 1. The van der Waals surface area contributed by atoms with Crippen LogP contribution in [-0.4, -0.2) is 25.3 Å². The molecule has 0 radical (unpaired) electrons. The lowest BCUT2D eigenvalue weighted by Gasteiger charge is -2.39. The lowest BCUT2D eigenvalue weighted by atomic mass is 9.74. The van der Waals surface area contributed by atoms with Gasteiger partial charge in [0.15, 0.2) is 0 Å². The van der Waals surface area contributed by atoms with Crippen LogP contribution >= 0.6 is 0 Å². The van der Waals surface area contributed by atoms with Crippen LogP contribution in [0.2, 0.25) is 0 Å². The van der Waals surface area contributed by atoms with Crippen molar-refractivity contribution in [2.45, 2.75) is 32.1 Å². The first-order valence-electron chi connectivity index (χ1n) is 6.73. The monoisotopic (exact) mass is 251 g/mol. The highest BCUT2D eigenvalue weighted by Crippen LogP contribution is 2.37. The van der Waals surface area contributed by atoms with Crippen LogP contribution in [0.1, 0.15) is 32.1 Å². The Kier molecular flexibility index (Phi) is 4.23. The molecular formula is C15H22FNO. The Balaban J connectivity index is 2.04. The summed E-state index contributed by atoms with van der Waals surface area (Å²) in [5, 5.41) is 9.69. The number of hydrogen-bond acceptors (Lipinski definition) is 2. The molecule has 100 valence electrons. The maximum atomic E-state index is 12.9. The molecule has 1 N–H and O–H groups in total. The Morgan fingerprint density at radius 1 is 1.17 bits per heavy atom. The zero-order chi connectivity index (χ0) is 13.0. The lowest BCUT2D eigenvalue weighted by Crippen LogP contribution is -2.40. The van der Waals surface area contributed by atoms with Crippen molar-refractivity contribution in [2.24, 2.45) is 5.41 Å². The summed E-state index contributed by atoms with van der Waals surface area (Å²) in [4.78, 5) is 2.13. The van der Waals surface area contributed by atoms with Gasteiger partial charge < -0.3 is 10.0 Å². The van der Waals surface area contributed by atoms with E-state index in [-0.39, 0.29) is 17.8 Å². The zero-order valence-electron chi connectivity index (χ0n) is 11.0. The average Bonchev–Trinajstić information content (AvgIpc) is 2.40. The summed E-state index contributed by atoms with van der Waals surface area (Å²) in [6.45, 7) is 1.09. The van der Waals surface area contributed by atoms with Crippen LogP contribution in [-0.2, 0) is 0 Å². The molecule has 0 atom stereocenters. The summed E-state index contributed by atoms with van der Waals surface area (Å²) < 4.78 is 12.9. The van der Waals surface area contributed by atoms with Crippen molar-refractivity contribution >= 4 is 5.69 Å². The molecule has 2 rings (SSSR count). The van der Waals surface area contributed by atoms with Crippen molar-refractivity contribution in [3.63, 3.8) is 0 Å². The smallest absolute Gasteiger partial charge is 0.123 e. The number of nitrogens with zero attached hydrogens (tertiary/aromatic N) is 1. The minimum Gasteiger partial charge on any atom is -0.396 e. The predicted molar refractivity (Wildman–Crippen MR) is 72.3 cm³/mol. The molecule has 0 amide bonds. The van der Waals surface area contributed by atoms with Crippen molar-refractivity contribution in [3.05, 3.63) is 30.1 Å². The maximum absolute atomic E-state index is 12.9. The summed E-state index contributed by atoms with van der Waals surface area (Å²) in [6.07, 6.45) is 5.88. The van der Waals surface area contributed by atoms with Gasteiger partial charge >= 0.3 is 0 Å². The number of benzene rings is 1. The number of rotatable bonds is 4. The van der Waals surface area contributed by atoms with Gasteiger partial charge in [0, 0.05) is 24.7 Å². The third-order valence-electron chi connectivity index (χ3n) is 4.09. The molecular weight excluding hydrogens is 229 g/mol. The molecule has 0 spiro atoms. The summed E-state index contributed by atoms with van der Waals surface area (Å²) in [7, 11) is 2.01. The first-order chi connectivity index (χ1) is 8.65. The van der Waals surface area contributed by atoms with E-state index in [4.69, 9.17) is 0 Å². The Morgan fingerprint density at radius 3 is 2.33 bits per heavy atom. The number of anilines is 1. The van der Waals surface area contributed by atoms with Crippen LogP contribution < -0.4 is 4.90 Å². The predicted octanol–water partition coefficient (Wildman–Crippen LogP) is 3.20. The largest absolute Gasteiger partial charge is 0.396 e. The third kappa shape index (κ3) is 3.02. The van der Waals surface area contributed by atoms with E-state index in [9.17, 15) is 9.50 Å². The first kappa shape index (κ1) is 13.3. The van der Waals surface area contributed by atoms with Crippen molar-refractivity contribution in [1.29, 1.82) is 0 Å². The topological polar surface area (TPSA) is 23.5 Å². The fraction of sp³-hybridized carbons (Fsp3) is 0.600. The maximum Gasteiger partial charge on any atom is 0.123 e. The van der Waals surface area contributed by atoms with Gasteiger partial charge in [-0.25, -0.2) is 4.39 Å². The van der Waals surface area contributed by atoms with E-state index in [1.54, 1.807) is 12.1 Å². The quantitative estimate of drug-likeness (QED) is 0.888. The van der Waals surface area contributed by atoms with E-state index in [0.29, 0.717) is 0 Å². The molecule has 0 saturated heterocycles. The second kappa shape index (κ2) is 5.70. The molecule has 0 unspecified atom stereocenters. The highest BCUT2D eigenvalue weighted by atomic mass is 19.1. The molecule has 0 aromatic heterocycles. The molecule has 3 heteroatoms. The SMILES string of the molecule is CN(CC1(CO)CCCCC1)c1ccc(F)cc1. The highest BCUT2D eigenvalue weighted by molar-refractivity contribution is 5.45. The second-order valence-corrected chi connectivity index (χ2v) is 5.55. The molecule has 1 fully saturated rings. The van der Waals surface area contributed by atoms with Crippen molar-refractivity contribution in [2.75, 3.05) is 25.1 Å². The van der Waals surface area contributed by atoms with Crippen molar-refractivity contribution < 1.29 is 9.50 Å². The Bertz CT molecular complexity index is 371. The summed E-state index contributed by atoms with van der Waals surface area (Å²) in [6, 6.07) is 6.56. The molecule has 1 aromatic carbocycles. The molecule has 0 bridgehead atoms. The normalized spacial score (nSPS) is 18.6. The van der Waals surface area contributed by atoms with Crippen LogP contribution in [0.15, 0.2) is 24.3 Å². The molecule has 1 aliphatic carbocycles. The van der Waals surface area contributed by atoms with E-state index in [2.05, 4.69) is 4.90 Å². The van der Waals surface area contributed by atoms with E-state index in [1.165, 1.54) is 31.4 Å². The molecule has 1 saturated carbocycles. The summed E-state index contributed by atoms with van der Waals surface area (Å²) in [5.74, 6) is -0.207. The van der Waals surface area contributed by atoms with Gasteiger partial charge in [-0.1, -0.05) is 19.3 Å². The molecule has 0 heterocycles. The van der Waals surface area contributed by atoms with Gasteiger partial charge in [0.1, 0.15) is 5.82 Å². The fourth-order valence-electron chi connectivity index (χ4n) is 2.96. The molecule has 2 nitrogen and oxygen atoms in total. The molecule has 1 aliphatic rings. The fourth-order valence-corrected chi connectivity index (χ4v) is 2.96. The standard InChI is InChI=1S/C15H22FNO/c1-17(14-7-5-13(16)6-8-14)11-15(12-18)9-3-2-4-10-15/h5-8,18H,2-4,9-12H2,1H3. The van der Waals surface area contributed by atoms with Gasteiger partial charge in [-0.2, -0.15) is 0 Å². The van der Waals surface area contributed by atoms with E-state index in [1.807, 2.05) is 7.05 Å². The van der Waals surface area contributed by atoms with Crippen LogP contribution in [0.4, 0.5) is 10.1 Å². The summed E-state index contributed by atoms with van der Waals surface area (Å²) >= 11 is 0. The van der Waals surface area contributed by atoms with E-state index in [0.717, 1.165) is 25.1 Å². The van der Waals surface area contributed by atoms with Crippen LogP contribution in [0.25, 0.3) is 0 Å². The van der Waals surface area contributed by atoms with Gasteiger partial charge in [-0.05, 0) is 37.1 Å². The molecule has 1 aromatic rings. The molecule has 18 heavy (non-hydrogen) atoms. The van der Waals surface area contributed by atoms with Gasteiger partial charge in [0.2, 0.25) is 0 Å². The zero-order valence-corrected chi connectivity index (χ0v) is 11.0. The van der Waals surface area contributed by atoms with Crippen LogP contribution in [0, 0.1) is 11.2 Å². The first-order valence-corrected chi connectivity index (χ1v) is 6.73. The van der Waals surface area contributed by atoms with Gasteiger partial charge in [0.05, 0.1) is 6.61 Å². The van der Waals surface area contributed by atoms with E-state index < -0.39 is 0 Å². The Hall–Kier alpha value is -1.09. The number of aliphatic hydroxyl groups excluding tert-OH is 1. The highest BCUT2D eigenvalue weighted by Gasteiger charge is 2.32. The second-order valence-electron chi connectivity index (χ2n) is 5.55.